The van der Waals surface area contributed by atoms with Crippen LogP contribution in [0.2, 0.25) is 0 Å². The highest BCUT2D eigenvalue weighted by molar-refractivity contribution is 5.77. The molecule has 0 bridgehead atoms. The highest BCUT2D eigenvalue weighted by Gasteiger charge is 2.15. The van der Waals surface area contributed by atoms with Gasteiger partial charge in [-0.05, 0) is 25.7 Å². The zero-order valence-electron chi connectivity index (χ0n) is 10.5. The van der Waals surface area contributed by atoms with Crippen molar-refractivity contribution in [3.63, 3.8) is 0 Å². The fraction of sp³-hybridized carbons (Fsp3) is 0.750. The Balaban J connectivity index is 1.65. The number of carbonyl (C=O) groups is 1. The minimum Gasteiger partial charge on any atom is -0.378 e. The van der Waals surface area contributed by atoms with Crippen molar-refractivity contribution in [2.75, 3.05) is 6.61 Å². The zero-order valence-corrected chi connectivity index (χ0v) is 10.5. The second-order valence-electron chi connectivity index (χ2n) is 4.68. The molecule has 1 fully saturated rings. The first-order chi connectivity index (χ1) is 8.78. The van der Waals surface area contributed by atoms with Gasteiger partial charge >= 0.3 is 0 Å². The standard InChI is InChI=1S/C12H20N4O2/c13-7-10-8-16(15-14-10)9-11(17)3-1-4-12-5-2-6-18-12/h8,12H,1-7,9,13H2. The van der Waals surface area contributed by atoms with Gasteiger partial charge in [-0.2, -0.15) is 0 Å². The number of ether oxygens (including phenoxy) is 1. The normalized spacial score (nSPS) is 19.3. The maximum absolute atomic E-state index is 11.7. The maximum atomic E-state index is 11.7. The number of ketones is 1. The van der Waals surface area contributed by atoms with Crippen molar-refractivity contribution in [2.24, 2.45) is 5.73 Å². The summed E-state index contributed by atoms with van der Waals surface area (Å²) in [7, 11) is 0. The highest BCUT2D eigenvalue weighted by atomic mass is 16.5. The Morgan fingerprint density at radius 3 is 3.17 bits per heavy atom. The molecule has 2 N–H and O–H groups in total. The van der Waals surface area contributed by atoms with Gasteiger partial charge in [-0.15, -0.1) is 5.10 Å². The van der Waals surface area contributed by atoms with Gasteiger partial charge in [0.2, 0.25) is 0 Å². The summed E-state index contributed by atoms with van der Waals surface area (Å²) in [5.74, 6) is 0.182. The lowest BCUT2D eigenvalue weighted by molar-refractivity contribution is -0.120. The number of Topliss-reactive ketones (excluding diaryl/α,β-unsaturated/α-hetero) is 1. The summed E-state index contributed by atoms with van der Waals surface area (Å²) in [5, 5.41) is 7.70. The van der Waals surface area contributed by atoms with Gasteiger partial charge in [0.05, 0.1) is 18.0 Å². The van der Waals surface area contributed by atoms with E-state index < -0.39 is 0 Å². The molecule has 1 aliphatic rings. The molecule has 2 rings (SSSR count). The van der Waals surface area contributed by atoms with Gasteiger partial charge in [0.1, 0.15) is 6.54 Å². The van der Waals surface area contributed by atoms with E-state index in [1.54, 1.807) is 10.9 Å². The van der Waals surface area contributed by atoms with E-state index in [-0.39, 0.29) is 5.78 Å². The van der Waals surface area contributed by atoms with Gasteiger partial charge in [0, 0.05) is 19.6 Å². The average Bonchev–Trinajstić information content (AvgIpc) is 3.00. The molecule has 1 unspecified atom stereocenters. The molecule has 18 heavy (non-hydrogen) atoms. The molecule has 6 nitrogen and oxygen atoms in total. The third-order valence-corrected chi connectivity index (χ3v) is 3.14. The van der Waals surface area contributed by atoms with Crippen molar-refractivity contribution < 1.29 is 9.53 Å². The van der Waals surface area contributed by atoms with Crippen LogP contribution in [0.25, 0.3) is 0 Å². The molecule has 0 amide bonds. The van der Waals surface area contributed by atoms with Crippen LogP contribution in [0.5, 0.6) is 0 Å². The monoisotopic (exact) mass is 252 g/mol. The molecule has 1 aliphatic heterocycles. The smallest absolute Gasteiger partial charge is 0.154 e. The molecular formula is C12H20N4O2. The fourth-order valence-electron chi connectivity index (χ4n) is 2.17. The molecule has 0 radical (unpaired) electrons. The molecule has 1 atom stereocenters. The summed E-state index contributed by atoms with van der Waals surface area (Å²) >= 11 is 0. The Morgan fingerprint density at radius 1 is 1.61 bits per heavy atom. The van der Waals surface area contributed by atoms with Crippen LogP contribution in [0, 0.1) is 0 Å². The predicted octanol–water partition coefficient (Wildman–Crippen LogP) is 0.655. The number of aromatic nitrogens is 3. The molecular weight excluding hydrogens is 232 g/mol. The first kappa shape index (κ1) is 13.2. The lowest BCUT2D eigenvalue weighted by Crippen LogP contribution is -2.12. The number of hydrogen-bond acceptors (Lipinski definition) is 5. The fourth-order valence-corrected chi connectivity index (χ4v) is 2.17. The Bertz CT molecular complexity index is 385. The summed E-state index contributed by atoms with van der Waals surface area (Å²) in [6.07, 6.45) is 6.83. The molecule has 6 heteroatoms. The minimum atomic E-state index is 0.182. The highest BCUT2D eigenvalue weighted by Crippen LogP contribution is 2.17. The van der Waals surface area contributed by atoms with Crippen molar-refractivity contribution in [3.05, 3.63) is 11.9 Å². The second-order valence-corrected chi connectivity index (χ2v) is 4.68. The van der Waals surface area contributed by atoms with E-state index in [2.05, 4.69) is 10.3 Å². The third kappa shape index (κ3) is 3.89. The predicted molar refractivity (Wildman–Crippen MR) is 65.7 cm³/mol. The number of carbonyl (C=O) groups excluding carboxylic acids is 1. The lowest BCUT2D eigenvalue weighted by Gasteiger charge is -2.07. The summed E-state index contributed by atoms with van der Waals surface area (Å²) < 4.78 is 7.07. The van der Waals surface area contributed by atoms with E-state index in [9.17, 15) is 4.79 Å². The summed E-state index contributed by atoms with van der Waals surface area (Å²) in [4.78, 5) is 11.7. The van der Waals surface area contributed by atoms with E-state index in [0.29, 0.717) is 31.3 Å². The Kier molecular flexibility index (Phi) is 4.83. The first-order valence-electron chi connectivity index (χ1n) is 6.50. The van der Waals surface area contributed by atoms with Crippen LogP contribution < -0.4 is 5.73 Å². The molecule has 0 spiro atoms. The van der Waals surface area contributed by atoms with Crippen molar-refractivity contribution >= 4 is 5.78 Å². The molecule has 1 saturated heterocycles. The van der Waals surface area contributed by atoms with E-state index in [1.807, 2.05) is 0 Å². The molecule has 0 aromatic carbocycles. The minimum absolute atomic E-state index is 0.182. The SMILES string of the molecule is NCc1cn(CC(=O)CCCC2CCCO2)nn1. The molecule has 0 aliphatic carbocycles. The molecule has 0 saturated carbocycles. The van der Waals surface area contributed by atoms with E-state index in [1.165, 1.54) is 0 Å². The summed E-state index contributed by atoms with van der Waals surface area (Å²) in [6.45, 7) is 1.52. The number of nitrogens with zero attached hydrogens (tertiary/aromatic N) is 3. The van der Waals surface area contributed by atoms with Gasteiger partial charge < -0.3 is 10.5 Å². The van der Waals surface area contributed by atoms with E-state index in [0.717, 1.165) is 32.3 Å². The van der Waals surface area contributed by atoms with E-state index in [4.69, 9.17) is 10.5 Å². The molecule has 100 valence electrons. The first-order valence-corrected chi connectivity index (χ1v) is 6.50. The molecule has 1 aromatic heterocycles. The van der Waals surface area contributed by atoms with Crippen LogP contribution in [0.15, 0.2) is 6.20 Å². The van der Waals surface area contributed by atoms with E-state index >= 15 is 0 Å². The Labute approximate surface area is 106 Å². The Hall–Kier alpha value is -1.27. The summed E-state index contributed by atoms with van der Waals surface area (Å²) in [6, 6.07) is 0. The lowest BCUT2D eigenvalue weighted by atomic mass is 10.1. The van der Waals surface area contributed by atoms with Crippen LogP contribution in [0.1, 0.15) is 37.8 Å². The van der Waals surface area contributed by atoms with Gasteiger partial charge in [0.25, 0.3) is 0 Å². The largest absolute Gasteiger partial charge is 0.378 e. The van der Waals surface area contributed by atoms with Gasteiger partial charge in [-0.3, -0.25) is 4.79 Å². The maximum Gasteiger partial charge on any atom is 0.154 e. The van der Waals surface area contributed by atoms with Crippen LogP contribution in [-0.2, 0) is 22.6 Å². The van der Waals surface area contributed by atoms with Gasteiger partial charge in [0.15, 0.2) is 5.78 Å². The number of rotatable bonds is 7. The van der Waals surface area contributed by atoms with Crippen molar-refractivity contribution in [1.82, 2.24) is 15.0 Å². The zero-order chi connectivity index (χ0) is 12.8. The van der Waals surface area contributed by atoms with Crippen LogP contribution in [0.4, 0.5) is 0 Å². The summed E-state index contributed by atoms with van der Waals surface area (Å²) in [5.41, 5.74) is 6.14. The average molecular weight is 252 g/mol. The van der Waals surface area contributed by atoms with Crippen molar-refractivity contribution in [3.8, 4) is 0 Å². The third-order valence-electron chi connectivity index (χ3n) is 3.14. The van der Waals surface area contributed by atoms with Crippen LogP contribution >= 0.6 is 0 Å². The van der Waals surface area contributed by atoms with Gasteiger partial charge in [-0.1, -0.05) is 5.21 Å². The molecule has 2 heterocycles. The van der Waals surface area contributed by atoms with Crippen LogP contribution in [-0.4, -0.2) is 33.5 Å². The number of hydrogen-bond donors (Lipinski definition) is 1. The Morgan fingerprint density at radius 2 is 2.50 bits per heavy atom. The second kappa shape index (κ2) is 6.61. The quantitative estimate of drug-likeness (QED) is 0.770. The van der Waals surface area contributed by atoms with Crippen LogP contribution in [0.3, 0.4) is 0 Å². The molecule has 1 aromatic rings. The topological polar surface area (TPSA) is 83.0 Å². The van der Waals surface area contributed by atoms with Gasteiger partial charge in [-0.25, -0.2) is 4.68 Å². The number of nitrogens with two attached hydrogens (primary N) is 1. The van der Waals surface area contributed by atoms with Crippen molar-refractivity contribution in [1.29, 1.82) is 0 Å². The van der Waals surface area contributed by atoms with Crippen molar-refractivity contribution in [2.45, 2.75) is 51.3 Å².